The number of rotatable bonds is 21. The van der Waals surface area contributed by atoms with Gasteiger partial charge in [-0.25, -0.2) is 4.79 Å². The number of hydrogen-bond acceptors (Lipinski definition) is 3. The van der Waals surface area contributed by atoms with Crippen LogP contribution in [0, 0.1) is 0 Å². The first-order chi connectivity index (χ1) is 12.8. The number of unbranched alkanes of at least 4 members (excludes halogenated alkanes) is 17. The molecule has 26 heavy (non-hydrogen) atoms. The van der Waals surface area contributed by atoms with E-state index in [9.17, 15) is 4.79 Å². The van der Waals surface area contributed by atoms with Crippen LogP contribution in [-0.4, -0.2) is 24.3 Å². The minimum atomic E-state index is -0.306. The quantitative estimate of drug-likeness (QED) is 0.139. The molecule has 0 rings (SSSR count). The third-order valence-corrected chi connectivity index (χ3v) is 4.96. The van der Waals surface area contributed by atoms with E-state index in [1.165, 1.54) is 102 Å². The van der Waals surface area contributed by atoms with E-state index in [-0.39, 0.29) is 5.97 Å². The Balaban J connectivity index is 3.01. The van der Waals surface area contributed by atoms with Crippen LogP contribution in [0.3, 0.4) is 0 Å². The van der Waals surface area contributed by atoms with Crippen LogP contribution in [0.15, 0.2) is 12.7 Å². The van der Waals surface area contributed by atoms with Gasteiger partial charge in [-0.3, -0.25) is 0 Å². The number of aliphatic hydroxyl groups is 1. The van der Waals surface area contributed by atoms with Crippen molar-refractivity contribution in [3.05, 3.63) is 12.7 Å². The Kier molecular flexibility index (Phi) is 21.5. The molecule has 0 heterocycles. The summed E-state index contributed by atoms with van der Waals surface area (Å²) in [5.41, 5.74) is 0. The predicted molar refractivity (Wildman–Crippen MR) is 111 cm³/mol. The molecule has 0 unspecified atom stereocenters. The van der Waals surface area contributed by atoms with Gasteiger partial charge in [-0.1, -0.05) is 109 Å². The summed E-state index contributed by atoms with van der Waals surface area (Å²) in [4.78, 5) is 10.9. The fourth-order valence-electron chi connectivity index (χ4n) is 3.27. The van der Waals surface area contributed by atoms with Gasteiger partial charge >= 0.3 is 5.97 Å². The molecule has 0 saturated heterocycles. The second-order valence-electron chi connectivity index (χ2n) is 7.46. The monoisotopic (exact) mass is 368 g/mol. The largest absolute Gasteiger partial charge is 0.463 e. The van der Waals surface area contributed by atoms with Crippen LogP contribution in [-0.2, 0) is 9.53 Å². The molecule has 0 saturated carbocycles. The van der Waals surface area contributed by atoms with Gasteiger partial charge in [0.1, 0.15) is 0 Å². The summed E-state index contributed by atoms with van der Waals surface area (Å²) in [7, 11) is 0. The molecule has 0 spiro atoms. The smallest absolute Gasteiger partial charge is 0.330 e. The van der Waals surface area contributed by atoms with E-state index >= 15 is 0 Å². The Labute approximate surface area is 162 Å². The summed E-state index contributed by atoms with van der Waals surface area (Å²) in [6, 6.07) is 0. The molecule has 0 bridgehead atoms. The summed E-state index contributed by atoms with van der Waals surface area (Å²) in [6.45, 7) is 4.28. The van der Waals surface area contributed by atoms with Crippen molar-refractivity contribution in [2.75, 3.05) is 13.2 Å². The zero-order chi connectivity index (χ0) is 19.1. The minimum absolute atomic E-state index is 0.306. The Morgan fingerprint density at radius 2 is 0.923 bits per heavy atom. The maximum absolute atomic E-state index is 10.9. The van der Waals surface area contributed by atoms with Gasteiger partial charge in [-0.15, -0.1) is 0 Å². The van der Waals surface area contributed by atoms with E-state index in [1.807, 2.05) is 0 Å². The van der Waals surface area contributed by atoms with Gasteiger partial charge in [0.05, 0.1) is 6.61 Å². The maximum Gasteiger partial charge on any atom is 0.330 e. The molecular formula is C23H44O3. The zero-order valence-electron chi connectivity index (χ0n) is 17.2. The molecule has 0 fully saturated rings. The number of aliphatic hydroxyl groups excluding tert-OH is 1. The first-order valence-electron chi connectivity index (χ1n) is 11.2. The average molecular weight is 369 g/mol. The Morgan fingerprint density at radius 1 is 0.615 bits per heavy atom. The molecule has 0 aliphatic carbocycles. The van der Waals surface area contributed by atoms with Crippen molar-refractivity contribution in [1.29, 1.82) is 0 Å². The van der Waals surface area contributed by atoms with E-state index < -0.39 is 0 Å². The lowest BCUT2D eigenvalue weighted by molar-refractivity contribution is -0.137. The SMILES string of the molecule is C=CC(=O)OCCCCCCCCCCCCCCCCCCCCO. The molecule has 154 valence electrons. The zero-order valence-corrected chi connectivity index (χ0v) is 17.2. The van der Waals surface area contributed by atoms with E-state index in [0.29, 0.717) is 13.2 Å². The van der Waals surface area contributed by atoms with Crippen molar-refractivity contribution in [1.82, 2.24) is 0 Å². The molecule has 0 aromatic heterocycles. The molecule has 0 aromatic rings. The summed E-state index contributed by atoms with van der Waals surface area (Å²) >= 11 is 0. The summed E-state index contributed by atoms with van der Waals surface area (Å²) < 4.78 is 4.96. The molecule has 1 N–H and O–H groups in total. The van der Waals surface area contributed by atoms with E-state index in [4.69, 9.17) is 9.84 Å². The molecular weight excluding hydrogens is 324 g/mol. The summed E-state index contributed by atoms with van der Waals surface area (Å²) in [6.07, 6.45) is 24.7. The highest BCUT2D eigenvalue weighted by atomic mass is 16.5. The molecule has 0 amide bonds. The van der Waals surface area contributed by atoms with Gasteiger partial charge in [0.15, 0.2) is 0 Å². The third kappa shape index (κ3) is 21.2. The van der Waals surface area contributed by atoms with Gasteiger partial charge in [-0.05, 0) is 12.8 Å². The fourth-order valence-corrected chi connectivity index (χ4v) is 3.27. The Hall–Kier alpha value is -0.830. The van der Waals surface area contributed by atoms with Crippen molar-refractivity contribution < 1.29 is 14.6 Å². The van der Waals surface area contributed by atoms with Crippen molar-refractivity contribution in [2.24, 2.45) is 0 Å². The number of hydrogen-bond donors (Lipinski definition) is 1. The lowest BCUT2D eigenvalue weighted by Gasteiger charge is -2.04. The van der Waals surface area contributed by atoms with Crippen LogP contribution in [0.2, 0.25) is 0 Å². The van der Waals surface area contributed by atoms with Crippen LogP contribution in [0.1, 0.15) is 116 Å². The first-order valence-corrected chi connectivity index (χ1v) is 11.2. The molecule has 0 aliphatic rings. The highest BCUT2D eigenvalue weighted by Crippen LogP contribution is 2.14. The molecule has 0 aromatic carbocycles. The summed E-state index contributed by atoms with van der Waals surface area (Å²) in [5, 5.41) is 8.72. The van der Waals surface area contributed by atoms with E-state index in [1.54, 1.807) is 0 Å². The van der Waals surface area contributed by atoms with Crippen molar-refractivity contribution >= 4 is 5.97 Å². The van der Waals surface area contributed by atoms with Crippen LogP contribution >= 0.6 is 0 Å². The number of ether oxygens (including phenoxy) is 1. The van der Waals surface area contributed by atoms with Crippen LogP contribution in [0.5, 0.6) is 0 Å². The molecule has 0 atom stereocenters. The highest BCUT2D eigenvalue weighted by Gasteiger charge is 1.97. The second-order valence-corrected chi connectivity index (χ2v) is 7.46. The number of carbonyl (C=O) groups excluding carboxylic acids is 1. The van der Waals surface area contributed by atoms with Crippen LogP contribution < -0.4 is 0 Å². The van der Waals surface area contributed by atoms with Gasteiger partial charge in [0, 0.05) is 12.7 Å². The lowest BCUT2D eigenvalue weighted by Crippen LogP contribution is -2.01. The van der Waals surface area contributed by atoms with Gasteiger partial charge in [0.2, 0.25) is 0 Å². The second kappa shape index (κ2) is 22.2. The lowest BCUT2D eigenvalue weighted by atomic mass is 10.0. The maximum atomic E-state index is 10.9. The number of carbonyl (C=O) groups is 1. The van der Waals surface area contributed by atoms with Crippen molar-refractivity contribution in [3.63, 3.8) is 0 Å². The average Bonchev–Trinajstić information content (AvgIpc) is 2.66. The Bertz CT molecular complexity index is 302. The topological polar surface area (TPSA) is 46.5 Å². The van der Waals surface area contributed by atoms with Crippen LogP contribution in [0.25, 0.3) is 0 Å². The van der Waals surface area contributed by atoms with Gasteiger partial charge < -0.3 is 9.84 Å². The van der Waals surface area contributed by atoms with Crippen molar-refractivity contribution in [2.45, 2.75) is 116 Å². The normalized spacial score (nSPS) is 10.8. The third-order valence-electron chi connectivity index (χ3n) is 4.96. The molecule has 3 heteroatoms. The standard InChI is InChI=1S/C23H44O3/c1-2-23(25)26-22-20-18-16-14-12-10-8-6-4-3-5-7-9-11-13-15-17-19-21-24/h2,24H,1,3-22H2. The molecule has 0 radical (unpaired) electrons. The number of esters is 1. The van der Waals surface area contributed by atoms with Crippen molar-refractivity contribution in [3.8, 4) is 0 Å². The van der Waals surface area contributed by atoms with Crippen LogP contribution in [0.4, 0.5) is 0 Å². The fraction of sp³-hybridized carbons (Fsp3) is 0.870. The van der Waals surface area contributed by atoms with Gasteiger partial charge in [0.25, 0.3) is 0 Å². The first kappa shape index (κ1) is 25.2. The predicted octanol–water partition coefficient (Wildman–Crippen LogP) is 6.73. The highest BCUT2D eigenvalue weighted by molar-refractivity contribution is 5.81. The minimum Gasteiger partial charge on any atom is -0.463 e. The van der Waals surface area contributed by atoms with E-state index in [2.05, 4.69) is 6.58 Å². The molecule has 0 aliphatic heterocycles. The Morgan fingerprint density at radius 3 is 1.23 bits per heavy atom. The molecule has 3 nitrogen and oxygen atoms in total. The van der Waals surface area contributed by atoms with Gasteiger partial charge in [-0.2, -0.15) is 0 Å². The summed E-state index contributed by atoms with van der Waals surface area (Å²) in [5.74, 6) is -0.306. The van der Waals surface area contributed by atoms with E-state index in [0.717, 1.165) is 19.3 Å².